The molecule has 3 heteroatoms. The molecule has 0 aromatic rings. The molecule has 0 aromatic carbocycles. The van der Waals surface area contributed by atoms with E-state index in [4.69, 9.17) is 4.74 Å². The summed E-state index contributed by atoms with van der Waals surface area (Å²) in [6.07, 6.45) is 10.1. The molecule has 0 unspecified atom stereocenters. The van der Waals surface area contributed by atoms with Crippen LogP contribution in [0.5, 0.6) is 0 Å². The third-order valence-corrected chi connectivity index (χ3v) is 4.29. The fourth-order valence-electron chi connectivity index (χ4n) is 3.27. The Hall–Kier alpha value is -0.860. The molecule has 1 aliphatic heterocycles. The molecule has 0 saturated heterocycles. The number of esters is 1. The van der Waals surface area contributed by atoms with E-state index in [1.54, 1.807) is 0 Å². The molecule has 16 heavy (non-hydrogen) atoms. The standard InChI is InChI=1S/C13H19NO2/c15-12-13(8-4-1-5-9-13)14-11(16-12)10-6-2-3-7-10/h10H,1-9H2. The van der Waals surface area contributed by atoms with E-state index in [0.717, 1.165) is 44.4 Å². The van der Waals surface area contributed by atoms with Gasteiger partial charge in [0.2, 0.25) is 0 Å². The highest BCUT2D eigenvalue weighted by Crippen LogP contribution is 2.39. The first kappa shape index (κ1) is 10.3. The quantitative estimate of drug-likeness (QED) is 0.639. The molecule has 0 N–H and O–H groups in total. The first-order chi connectivity index (χ1) is 7.80. The number of cyclic esters (lactones) is 1. The molecule has 3 rings (SSSR count). The lowest BCUT2D eigenvalue weighted by Crippen LogP contribution is -2.35. The molecule has 2 fully saturated rings. The average Bonchev–Trinajstić information content (AvgIpc) is 2.90. The van der Waals surface area contributed by atoms with Gasteiger partial charge in [-0.25, -0.2) is 9.79 Å². The summed E-state index contributed by atoms with van der Waals surface area (Å²) in [6.45, 7) is 0. The second kappa shape index (κ2) is 3.86. The number of aliphatic imine (C=N–C) groups is 1. The van der Waals surface area contributed by atoms with E-state index < -0.39 is 5.54 Å². The van der Waals surface area contributed by atoms with Crippen molar-refractivity contribution in [2.75, 3.05) is 0 Å². The molecule has 2 aliphatic carbocycles. The number of carbonyl (C=O) groups excluding carboxylic acids is 1. The van der Waals surface area contributed by atoms with Gasteiger partial charge in [0.1, 0.15) is 0 Å². The molecule has 1 heterocycles. The Morgan fingerprint density at radius 3 is 2.44 bits per heavy atom. The summed E-state index contributed by atoms with van der Waals surface area (Å²) in [5, 5.41) is 0. The third kappa shape index (κ3) is 1.57. The van der Waals surface area contributed by atoms with Crippen LogP contribution < -0.4 is 0 Å². The van der Waals surface area contributed by atoms with Crippen LogP contribution in [0.3, 0.4) is 0 Å². The minimum atomic E-state index is -0.462. The number of ether oxygens (including phenoxy) is 1. The maximum absolute atomic E-state index is 12.0. The van der Waals surface area contributed by atoms with E-state index in [9.17, 15) is 4.79 Å². The summed E-state index contributed by atoms with van der Waals surface area (Å²) in [5.74, 6) is 1.14. The van der Waals surface area contributed by atoms with E-state index in [2.05, 4.69) is 4.99 Å². The highest BCUT2D eigenvalue weighted by molar-refractivity contribution is 6.01. The molecule has 0 amide bonds. The molecule has 0 atom stereocenters. The molecule has 88 valence electrons. The zero-order valence-electron chi connectivity index (χ0n) is 9.71. The summed E-state index contributed by atoms with van der Waals surface area (Å²) >= 11 is 0. The average molecular weight is 221 g/mol. The second-order valence-electron chi connectivity index (χ2n) is 5.41. The van der Waals surface area contributed by atoms with Crippen LogP contribution in [-0.2, 0) is 9.53 Å². The molecule has 0 bridgehead atoms. The fourth-order valence-corrected chi connectivity index (χ4v) is 3.27. The number of nitrogens with zero attached hydrogens (tertiary/aromatic N) is 1. The van der Waals surface area contributed by atoms with Crippen LogP contribution in [0.25, 0.3) is 0 Å². The summed E-state index contributed by atoms with van der Waals surface area (Å²) in [7, 11) is 0. The summed E-state index contributed by atoms with van der Waals surface area (Å²) in [5.41, 5.74) is -0.462. The van der Waals surface area contributed by atoms with Crippen molar-refractivity contribution in [3.8, 4) is 0 Å². The zero-order valence-corrected chi connectivity index (χ0v) is 9.71. The highest BCUT2D eigenvalue weighted by atomic mass is 16.6. The van der Waals surface area contributed by atoms with Crippen LogP contribution in [0.2, 0.25) is 0 Å². The molecule has 2 saturated carbocycles. The molecule has 3 nitrogen and oxygen atoms in total. The predicted molar refractivity (Wildman–Crippen MR) is 61.3 cm³/mol. The van der Waals surface area contributed by atoms with E-state index in [-0.39, 0.29) is 5.97 Å². The Bertz CT molecular complexity index is 323. The van der Waals surface area contributed by atoms with Gasteiger partial charge in [0.05, 0.1) is 0 Å². The molecule has 0 aromatic heterocycles. The van der Waals surface area contributed by atoms with Crippen LogP contribution in [0.1, 0.15) is 57.8 Å². The summed E-state index contributed by atoms with van der Waals surface area (Å²) in [4.78, 5) is 16.7. The SMILES string of the molecule is O=C1OC(C2CCCC2)=NC12CCCCC2. The zero-order chi connectivity index (χ0) is 11.0. The van der Waals surface area contributed by atoms with Gasteiger partial charge >= 0.3 is 5.97 Å². The lowest BCUT2D eigenvalue weighted by atomic mass is 9.82. The number of carbonyl (C=O) groups is 1. The van der Waals surface area contributed by atoms with Crippen molar-refractivity contribution in [2.24, 2.45) is 10.9 Å². The van der Waals surface area contributed by atoms with Gasteiger partial charge in [-0.1, -0.05) is 32.1 Å². The summed E-state index contributed by atoms with van der Waals surface area (Å²) in [6, 6.07) is 0. The van der Waals surface area contributed by atoms with Crippen molar-refractivity contribution in [2.45, 2.75) is 63.3 Å². The lowest BCUT2D eigenvalue weighted by Gasteiger charge is -2.25. The fraction of sp³-hybridized carbons (Fsp3) is 0.846. The smallest absolute Gasteiger partial charge is 0.340 e. The van der Waals surface area contributed by atoms with E-state index in [1.165, 1.54) is 19.3 Å². The number of rotatable bonds is 1. The Kier molecular flexibility index (Phi) is 2.49. The van der Waals surface area contributed by atoms with Gasteiger partial charge < -0.3 is 4.74 Å². The van der Waals surface area contributed by atoms with E-state index >= 15 is 0 Å². The number of hydrogen-bond acceptors (Lipinski definition) is 3. The maximum Gasteiger partial charge on any atom is 0.340 e. The normalized spacial score (nSPS) is 29.5. The van der Waals surface area contributed by atoms with Crippen LogP contribution in [-0.4, -0.2) is 17.4 Å². The van der Waals surface area contributed by atoms with Crippen molar-refractivity contribution >= 4 is 11.9 Å². The van der Waals surface area contributed by atoms with Crippen molar-refractivity contribution in [1.82, 2.24) is 0 Å². The van der Waals surface area contributed by atoms with Crippen LogP contribution >= 0.6 is 0 Å². The van der Waals surface area contributed by atoms with E-state index in [1.807, 2.05) is 0 Å². The van der Waals surface area contributed by atoms with Gasteiger partial charge in [-0.05, 0) is 25.7 Å². The van der Waals surface area contributed by atoms with Crippen LogP contribution in [0, 0.1) is 5.92 Å². The second-order valence-corrected chi connectivity index (χ2v) is 5.41. The van der Waals surface area contributed by atoms with Gasteiger partial charge in [-0.2, -0.15) is 0 Å². The topological polar surface area (TPSA) is 38.7 Å². The van der Waals surface area contributed by atoms with Gasteiger partial charge in [0.15, 0.2) is 11.4 Å². The van der Waals surface area contributed by atoms with E-state index in [0.29, 0.717) is 5.92 Å². The molecular weight excluding hydrogens is 202 g/mol. The van der Waals surface area contributed by atoms with Gasteiger partial charge in [0.25, 0.3) is 0 Å². The third-order valence-electron chi connectivity index (χ3n) is 4.29. The molecular formula is C13H19NO2. The Morgan fingerprint density at radius 1 is 1.06 bits per heavy atom. The Morgan fingerprint density at radius 2 is 1.75 bits per heavy atom. The van der Waals surface area contributed by atoms with Crippen molar-refractivity contribution in [3.63, 3.8) is 0 Å². The minimum absolute atomic E-state index is 0.0610. The van der Waals surface area contributed by atoms with Crippen LogP contribution in [0.15, 0.2) is 4.99 Å². The van der Waals surface area contributed by atoms with Gasteiger partial charge in [0, 0.05) is 5.92 Å². The predicted octanol–water partition coefficient (Wildman–Crippen LogP) is 2.83. The van der Waals surface area contributed by atoms with Crippen molar-refractivity contribution < 1.29 is 9.53 Å². The summed E-state index contributed by atoms with van der Waals surface area (Å²) < 4.78 is 5.45. The monoisotopic (exact) mass is 221 g/mol. The molecule has 0 radical (unpaired) electrons. The molecule has 3 aliphatic rings. The first-order valence-electron chi connectivity index (χ1n) is 6.62. The Labute approximate surface area is 96.3 Å². The first-order valence-corrected chi connectivity index (χ1v) is 6.62. The molecule has 1 spiro atoms. The maximum atomic E-state index is 12.0. The Balaban J connectivity index is 1.81. The van der Waals surface area contributed by atoms with Crippen LogP contribution in [0.4, 0.5) is 0 Å². The van der Waals surface area contributed by atoms with Crippen molar-refractivity contribution in [1.29, 1.82) is 0 Å². The highest BCUT2D eigenvalue weighted by Gasteiger charge is 2.47. The van der Waals surface area contributed by atoms with Gasteiger partial charge in [-0.3, -0.25) is 0 Å². The lowest BCUT2D eigenvalue weighted by molar-refractivity contribution is -0.140. The van der Waals surface area contributed by atoms with Crippen molar-refractivity contribution in [3.05, 3.63) is 0 Å². The largest absolute Gasteiger partial charge is 0.410 e. The van der Waals surface area contributed by atoms with Gasteiger partial charge in [-0.15, -0.1) is 0 Å². The number of hydrogen-bond donors (Lipinski definition) is 0. The minimum Gasteiger partial charge on any atom is -0.410 e.